The smallest absolute Gasteiger partial charge is 0.0417 e. The Morgan fingerprint density at radius 2 is 1.50 bits per heavy atom. The summed E-state index contributed by atoms with van der Waals surface area (Å²) in [6.07, 6.45) is 8.93. The van der Waals surface area contributed by atoms with Gasteiger partial charge in [0.2, 0.25) is 0 Å². The SMILES string of the molecule is C.C.CCC1CCCCC1. The molecule has 1 aliphatic rings. The maximum absolute atomic E-state index is 2.32. The predicted molar refractivity (Wildman–Crippen MR) is 50.3 cm³/mol. The molecule has 0 heterocycles. The lowest BCUT2D eigenvalue weighted by Crippen LogP contribution is -2.03. The van der Waals surface area contributed by atoms with Crippen molar-refractivity contribution in [1.29, 1.82) is 0 Å². The van der Waals surface area contributed by atoms with Gasteiger partial charge in [-0.1, -0.05) is 60.3 Å². The van der Waals surface area contributed by atoms with Crippen molar-refractivity contribution in [3.05, 3.63) is 0 Å². The molecule has 0 radical (unpaired) electrons. The molecule has 1 aliphatic carbocycles. The van der Waals surface area contributed by atoms with Crippen molar-refractivity contribution in [3.63, 3.8) is 0 Å². The molecule has 1 saturated carbocycles. The van der Waals surface area contributed by atoms with Gasteiger partial charge in [-0.3, -0.25) is 0 Å². The summed E-state index contributed by atoms with van der Waals surface area (Å²) in [5.41, 5.74) is 0. The minimum absolute atomic E-state index is 0. The van der Waals surface area contributed by atoms with Crippen molar-refractivity contribution >= 4 is 0 Å². The number of hydrogen-bond donors (Lipinski definition) is 0. The van der Waals surface area contributed by atoms with Gasteiger partial charge in [0.1, 0.15) is 0 Å². The van der Waals surface area contributed by atoms with Gasteiger partial charge in [0.15, 0.2) is 0 Å². The van der Waals surface area contributed by atoms with E-state index in [0.717, 1.165) is 5.92 Å². The van der Waals surface area contributed by atoms with Crippen molar-refractivity contribution in [2.45, 2.75) is 60.3 Å². The van der Waals surface area contributed by atoms with Gasteiger partial charge in [0, 0.05) is 0 Å². The molecule has 0 amide bonds. The normalized spacial score (nSPS) is 18.9. The van der Waals surface area contributed by atoms with E-state index in [1.165, 1.54) is 38.5 Å². The largest absolute Gasteiger partial charge is 0.0776 e. The van der Waals surface area contributed by atoms with Crippen LogP contribution in [-0.4, -0.2) is 0 Å². The molecular formula is C10H24. The number of hydrogen-bond acceptors (Lipinski definition) is 0. The van der Waals surface area contributed by atoms with Gasteiger partial charge in [-0.15, -0.1) is 0 Å². The van der Waals surface area contributed by atoms with Crippen molar-refractivity contribution in [3.8, 4) is 0 Å². The summed E-state index contributed by atoms with van der Waals surface area (Å²) in [7, 11) is 0. The molecule has 0 saturated heterocycles. The van der Waals surface area contributed by atoms with Crippen LogP contribution in [0.25, 0.3) is 0 Å². The Bertz CT molecular complexity index is 51.1. The summed E-state index contributed by atoms with van der Waals surface area (Å²) in [6.45, 7) is 2.32. The highest BCUT2D eigenvalue weighted by Crippen LogP contribution is 2.25. The van der Waals surface area contributed by atoms with Gasteiger partial charge >= 0.3 is 0 Å². The molecule has 0 unspecified atom stereocenters. The van der Waals surface area contributed by atoms with E-state index in [1.807, 2.05) is 0 Å². The maximum atomic E-state index is 2.32. The average molecular weight is 144 g/mol. The summed E-state index contributed by atoms with van der Waals surface area (Å²) < 4.78 is 0. The van der Waals surface area contributed by atoms with Crippen LogP contribution in [0.4, 0.5) is 0 Å². The van der Waals surface area contributed by atoms with Crippen LogP contribution in [0.2, 0.25) is 0 Å². The Kier molecular flexibility index (Phi) is 9.00. The molecule has 64 valence electrons. The van der Waals surface area contributed by atoms with Crippen LogP contribution in [0.15, 0.2) is 0 Å². The number of rotatable bonds is 1. The molecule has 0 aromatic carbocycles. The summed E-state index contributed by atoms with van der Waals surface area (Å²) in [5.74, 6) is 1.09. The fourth-order valence-corrected chi connectivity index (χ4v) is 1.60. The van der Waals surface area contributed by atoms with E-state index in [4.69, 9.17) is 0 Å². The first-order chi connectivity index (χ1) is 3.93. The van der Waals surface area contributed by atoms with Crippen molar-refractivity contribution in [2.24, 2.45) is 5.92 Å². The van der Waals surface area contributed by atoms with Crippen molar-refractivity contribution < 1.29 is 0 Å². The molecule has 0 aromatic heterocycles. The Balaban J connectivity index is 0. The quantitative estimate of drug-likeness (QED) is 0.516. The van der Waals surface area contributed by atoms with Crippen LogP contribution in [-0.2, 0) is 0 Å². The van der Waals surface area contributed by atoms with E-state index < -0.39 is 0 Å². The molecular weight excluding hydrogens is 120 g/mol. The zero-order valence-electron chi connectivity index (χ0n) is 5.82. The van der Waals surface area contributed by atoms with Gasteiger partial charge in [-0.05, 0) is 5.92 Å². The van der Waals surface area contributed by atoms with Crippen molar-refractivity contribution in [2.75, 3.05) is 0 Å². The lowest BCUT2D eigenvalue weighted by atomic mass is 9.88. The molecule has 1 fully saturated rings. The molecule has 0 bridgehead atoms. The molecule has 0 atom stereocenters. The molecule has 0 spiro atoms. The van der Waals surface area contributed by atoms with Gasteiger partial charge in [-0.25, -0.2) is 0 Å². The lowest BCUT2D eigenvalue weighted by molar-refractivity contribution is 0.349. The van der Waals surface area contributed by atoms with Crippen LogP contribution in [0.5, 0.6) is 0 Å². The highest BCUT2D eigenvalue weighted by molar-refractivity contribution is 4.63. The Labute approximate surface area is 67.0 Å². The van der Waals surface area contributed by atoms with Crippen LogP contribution in [0.1, 0.15) is 60.3 Å². The monoisotopic (exact) mass is 144 g/mol. The molecule has 1 rings (SSSR count). The Hall–Kier alpha value is 0. The van der Waals surface area contributed by atoms with E-state index in [-0.39, 0.29) is 14.9 Å². The third kappa shape index (κ3) is 3.92. The fraction of sp³-hybridized carbons (Fsp3) is 1.00. The van der Waals surface area contributed by atoms with E-state index in [1.54, 1.807) is 0 Å². The fourth-order valence-electron chi connectivity index (χ4n) is 1.60. The Morgan fingerprint density at radius 1 is 1.00 bits per heavy atom. The third-order valence-electron chi connectivity index (χ3n) is 2.30. The zero-order chi connectivity index (χ0) is 5.82. The summed E-state index contributed by atoms with van der Waals surface area (Å²) in [5, 5.41) is 0. The van der Waals surface area contributed by atoms with Crippen LogP contribution >= 0.6 is 0 Å². The second kappa shape index (κ2) is 7.11. The zero-order valence-corrected chi connectivity index (χ0v) is 5.82. The molecule has 0 N–H and O–H groups in total. The van der Waals surface area contributed by atoms with Crippen LogP contribution in [0.3, 0.4) is 0 Å². The highest BCUT2D eigenvalue weighted by Gasteiger charge is 2.09. The molecule has 0 aromatic rings. The first-order valence-electron chi connectivity index (χ1n) is 3.93. The molecule has 0 aliphatic heterocycles. The standard InChI is InChI=1S/C8H16.2CH4/c1-2-8-6-4-3-5-7-8;;/h8H,2-7H2,1H3;2*1H4. The summed E-state index contributed by atoms with van der Waals surface area (Å²) in [4.78, 5) is 0. The molecule has 0 heteroatoms. The van der Waals surface area contributed by atoms with Gasteiger partial charge < -0.3 is 0 Å². The minimum atomic E-state index is 0. The van der Waals surface area contributed by atoms with Crippen molar-refractivity contribution in [1.82, 2.24) is 0 Å². The van der Waals surface area contributed by atoms with Crippen LogP contribution in [0, 0.1) is 5.92 Å². The minimum Gasteiger partial charge on any atom is -0.0776 e. The lowest BCUT2D eigenvalue weighted by Gasteiger charge is -2.18. The highest BCUT2D eigenvalue weighted by atomic mass is 14.2. The maximum Gasteiger partial charge on any atom is -0.0417 e. The first-order valence-corrected chi connectivity index (χ1v) is 3.93. The van der Waals surface area contributed by atoms with Crippen LogP contribution < -0.4 is 0 Å². The second-order valence-electron chi connectivity index (χ2n) is 2.91. The molecule has 0 nitrogen and oxygen atoms in total. The Morgan fingerprint density at radius 3 is 1.80 bits per heavy atom. The summed E-state index contributed by atoms with van der Waals surface area (Å²) in [6, 6.07) is 0. The van der Waals surface area contributed by atoms with E-state index in [2.05, 4.69) is 6.92 Å². The van der Waals surface area contributed by atoms with Gasteiger partial charge in [-0.2, -0.15) is 0 Å². The topological polar surface area (TPSA) is 0 Å². The van der Waals surface area contributed by atoms with E-state index in [0.29, 0.717) is 0 Å². The van der Waals surface area contributed by atoms with Gasteiger partial charge in [0.05, 0.1) is 0 Å². The second-order valence-corrected chi connectivity index (χ2v) is 2.91. The molecule has 10 heavy (non-hydrogen) atoms. The van der Waals surface area contributed by atoms with E-state index >= 15 is 0 Å². The predicted octanol–water partition coefficient (Wildman–Crippen LogP) is 4.25. The first kappa shape index (κ1) is 12.7. The van der Waals surface area contributed by atoms with Gasteiger partial charge in [0.25, 0.3) is 0 Å². The van der Waals surface area contributed by atoms with E-state index in [9.17, 15) is 0 Å². The third-order valence-corrected chi connectivity index (χ3v) is 2.30. The summed E-state index contributed by atoms with van der Waals surface area (Å²) >= 11 is 0. The average Bonchev–Trinajstić information content (AvgIpc) is 1.90.